The minimum atomic E-state index is -4.45. The van der Waals surface area contributed by atoms with Crippen molar-refractivity contribution in [1.29, 1.82) is 0 Å². The van der Waals surface area contributed by atoms with Gasteiger partial charge in [0.2, 0.25) is 0 Å². The van der Waals surface area contributed by atoms with Gasteiger partial charge < -0.3 is 10.3 Å². The van der Waals surface area contributed by atoms with E-state index in [1.54, 1.807) is 18.2 Å². The third-order valence-electron chi connectivity index (χ3n) is 2.39. The molecule has 0 spiro atoms. The first-order chi connectivity index (χ1) is 9.36. The predicted molar refractivity (Wildman–Crippen MR) is 74.4 cm³/mol. The first-order valence-corrected chi connectivity index (χ1v) is 7.17. The van der Waals surface area contributed by atoms with E-state index < -0.39 is 10.1 Å². The SMILES string of the molecule is Nc1ccc(/N=N/c2ccc(S(=O)(=O)[O-])cc2)cc1Cl.[Na+]. The Labute approximate surface area is 149 Å². The van der Waals surface area contributed by atoms with Gasteiger partial charge >= 0.3 is 29.6 Å². The Morgan fingerprint density at radius 2 is 1.52 bits per heavy atom. The second-order valence-electron chi connectivity index (χ2n) is 3.85. The summed E-state index contributed by atoms with van der Waals surface area (Å²) in [4.78, 5) is -0.313. The number of rotatable bonds is 3. The van der Waals surface area contributed by atoms with Gasteiger partial charge in [0.25, 0.3) is 0 Å². The Balaban J connectivity index is 0.00000220. The molecule has 0 amide bonds. The molecular weight excluding hydrogens is 325 g/mol. The molecule has 0 aromatic heterocycles. The Hall–Kier alpha value is -0.960. The van der Waals surface area contributed by atoms with Crippen molar-refractivity contribution in [3.05, 3.63) is 47.5 Å². The van der Waals surface area contributed by atoms with Crippen LogP contribution in [0, 0.1) is 0 Å². The fourth-order valence-electron chi connectivity index (χ4n) is 1.37. The van der Waals surface area contributed by atoms with Crippen molar-refractivity contribution >= 4 is 38.8 Å². The van der Waals surface area contributed by atoms with Gasteiger partial charge in [0, 0.05) is 0 Å². The number of nitrogens with two attached hydrogens (primary N) is 1. The zero-order valence-corrected chi connectivity index (χ0v) is 14.6. The number of hydrogen-bond donors (Lipinski definition) is 1. The van der Waals surface area contributed by atoms with Crippen LogP contribution >= 0.6 is 11.6 Å². The van der Waals surface area contributed by atoms with E-state index in [1.165, 1.54) is 24.3 Å². The van der Waals surface area contributed by atoms with E-state index in [-0.39, 0.29) is 34.5 Å². The molecule has 0 atom stereocenters. The molecule has 0 heterocycles. The summed E-state index contributed by atoms with van der Waals surface area (Å²) in [6.45, 7) is 0. The van der Waals surface area contributed by atoms with E-state index >= 15 is 0 Å². The molecule has 2 aromatic carbocycles. The van der Waals surface area contributed by atoms with Crippen molar-refractivity contribution in [3.8, 4) is 0 Å². The first kappa shape index (κ1) is 18.1. The molecule has 0 aliphatic rings. The van der Waals surface area contributed by atoms with Crippen LogP contribution in [0.4, 0.5) is 17.1 Å². The fraction of sp³-hybridized carbons (Fsp3) is 0. The van der Waals surface area contributed by atoms with Gasteiger partial charge in [-0.25, -0.2) is 8.42 Å². The molecule has 0 saturated heterocycles. The third kappa shape index (κ3) is 5.06. The van der Waals surface area contributed by atoms with Crippen LogP contribution in [-0.4, -0.2) is 13.0 Å². The van der Waals surface area contributed by atoms with E-state index in [1.807, 2.05) is 0 Å². The smallest absolute Gasteiger partial charge is 0.744 e. The molecule has 21 heavy (non-hydrogen) atoms. The predicted octanol–water partition coefficient (Wildman–Crippen LogP) is 0.246. The summed E-state index contributed by atoms with van der Waals surface area (Å²) in [6, 6.07) is 9.90. The van der Waals surface area contributed by atoms with E-state index in [0.29, 0.717) is 22.1 Å². The zero-order valence-electron chi connectivity index (χ0n) is 11.0. The normalized spacial score (nSPS) is 11.3. The van der Waals surface area contributed by atoms with Crippen molar-refractivity contribution < 1.29 is 42.5 Å². The average molecular weight is 334 g/mol. The number of halogens is 1. The minimum absolute atomic E-state index is 0. The number of nitrogens with zero attached hydrogens (tertiary/aromatic N) is 2. The van der Waals surface area contributed by atoms with Gasteiger partial charge in [0.05, 0.1) is 27.0 Å². The molecule has 0 radical (unpaired) electrons. The van der Waals surface area contributed by atoms with Crippen molar-refractivity contribution in [2.24, 2.45) is 10.2 Å². The summed E-state index contributed by atoms with van der Waals surface area (Å²) in [5, 5.41) is 8.20. The maximum absolute atomic E-state index is 10.8. The fourth-order valence-corrected chi connectivity index (χ4v) is 2.02. The maximum atomic E-state index is 10.8. The summed E-state index contributed by atoms with van der Waals surface area (Å²) < 4.78 is 32.3. The van der Waals surface area contributed by atoms with Crippen LogP contribution in [-0.2, 0) is 10.1 Å². The van der Waals surface area contributed by atoms with Crippen LogP contribution in [0.5, 0.6) is 0 Å². The second-order valence-corrected chi connectivity index (χ2v) is 5.64. The molecule has 0 aliphatic carbocycles. The maximum Gasteiger partial charge on any atom is 1.00 e. The molecule has 0 saturated carbocycles. The van der Waals surface area contributed by atoms with E-state index in [2.05, 4.69) is 10.2 Å². The topological polar surface area (TPSA) is 108 Å². The molecule has 0 unspecified atom stereocenters. The van der Waals surface area contributed by atoms with Gasteiger partial charge in [-0.1, -0.05) is 11.6 Å². The molecule has 0 aliphatic heterocycles. The van der Waals surface area contributed by atoms with Crippen molar-refractivity contribution in [3.63, 3.8) is 0 Å². The standard InChI is InChI=1S/C12H10ClN3O3S.Na/c13-11-7-9(3-6-12(11)14)16-15-8-1-4-10(5-2-8)20(17,18)19;/h1-7H,14H2,(H,17,18,19);/q;+1/p-1/b16-15+;. The van der Waals surface area contributed by atoms with Crippen LogP contribution in [0.15, 0.2) is 57.6 Å². The largest absolute Gasteiger partial charge is 1.00 e. The molecular formula is C12H9ClN3NaO3S. The molecule has 6 nitrogen and oxygen atoms in total. The molecule has 2 rings (SSSR count). The Morgan fingerprint density at radius 3 is 2.05 bits per heavy atom. The van der Waals surface area contributed by atoms with Gasteiger partial charge in [0.15, 0.2) is 0 Å². The van der Waals surface area contributed by atoms with Crippen LogP contribution < -0.4 is 35.3 Å². The van der Waals surface area contributed by atoms with Gasteiger partial charge in [-0.2, -0.15) is 10.2 Å². The minimum Gasteiger partial charge on any atom is -0.744 e. The van der Waals surface area contributed by atoms with Gasteiger partial charge in [-0.05, 0) is 42.5 Å². The molecule has 9 heteroatoms. The van der Waals surface area contributed by atoms with Crippen molar-refractivity contribution in [1.82, 2.24) is 0 Å². The monoisotopic (exact) mass is 333 g/mol. The van der Waals surface area contributed by atoms with Crippen LogP contribution in [0.3, 0.4) is 0 Å². The van der Waals surface area contributed by atoms with Crippen molar-refractivity contribution in [2.75, 3.05) is 5.73 Å². The van der Waals surface area contributed by atoms with E-state index in [0.717, 1.165) is 0 Å². The van der Waals surface area contributed by atoms with Crippen LogP contribution in [0.1, 0.15) is 0 Å². The van der Waals surface area contributed by atoms with Gasteiger partial charge in [-0.15, -0.1) is 0 Å². The molecule has 2 N–H and O–H groups in total. The Kier molecular flexibility index (Phi) is 6.33. The molecule has 0 bridgehead atoms. The summed E-state index contributed by atoms with van der Waals surface area (Å²) in [5.74, 6) is 0. The number of azo groups is 1. The quantitative estimate of drug-likeness (QED) is 0.376. The molecule has 0 fully saturated rings. The van der Waals surface area contributed by atoms with E-state index in [4.69, 9.17) is 17.3 Å². The third-order valence-corrected chi connectivity index (χ3v) is 3.57. The number of benzene rings is 2. The van der Waals surface area contributed by atoms with E-state index in [9.17, 15) is 13.0 Å². The summed E-state index contributed by atoms with van der Waals surface area (Å²) in [5.41, 5.74) is 6.92. The molecule has 104 valence electrons. The zero-order chi connectivity index (χ0) is 14.8. The number of anilines is 1. The number of nitrogen functional groups attached to an aromatic ring is 1. The first-order valence-electron chi connectivity index (χ1n) is 5.39. The Morgan fingerprint density at radius 1 is 1.00 bits per heavy atom. The van der Waals surface area contributed by atoms with Crippen molar-refractivity contribution in [2.45, 2.75) is 4.90 Å². The van der Waals surface area contributed by atoms with Crippen LogP contribution in [0.2, 0.25) is 5.02 Å². The Bertz CT molecular complexity index is 764. The van der Waals surface area contributed by atoms with Gasteiger partial charge in [-0.3, -0.25) is 0 Å². The summed E-state index contributed by atoms with van der Waals surface area (Å²) >= 11 is 5.84. The number of hydrogen-bond acceptors (Lipinski definition) is 6. The average Bonchev–Trinajstić information content (AvgIpc) is 2.40. The summed E-state index contributed by atoms with van der Waals surface area (Å²) in [7, 11) is -4.45. The van der Waals surface area contributed by atoms with Gasteiger partial charge in [0.1, 0.15) is 10.1 Å². The van der Waals surface area contributed by atoms with Crippen LogP contribution in [0.25, 0.3) is 0 Å². The summed E-state index contributed by atoms with van der Waals surface area (Å²) in [6.07, 6.45) is 0. The second kappa shape index (κ2) is 7.35. The molecule has 2 aromatic rings.